The third kappa shape index (κ3) is 3.74. The monoisotopic (exact) mass is 368 g/mol. The van der Waals surface area contributed by atoms with E-state index in [1.807, 2.05) is 26.8 Å². The molecule has 2 heterocycles. The van der Waals surface area contributed by atoms with Crippen molar-refractivity contribution in [1.29, 1.82) is 0 Å². The van der Waals surface area contributed by atoms with E-state index in [0.29, 0.717) is 22.7 Å². The predicted molar refractivity (Wildman–Crippen MR) is 99.6 cm³/mol. The van der Waals surface area contributed by atoms with Crippen LogP contribution in [0.15, 0.2) is 30.5 Å². The average Bonchev–Trinajstić information content (AvgIpc) is 2.97. The number of rotatable bonds is 5. The van der Waals surface area contributed by atoms with Gasteiger partial charge in [0.15, 0.2) is 5.65 Å². The van der Waals surface area contributed by atoms with E-state index in [-0.39, 0.29) is 17.4 Å². The van der Waals surface area contributed by atoms with Crippen LogP contribution in [0.25, 0.3) is 5.65 Å². The molecule has 0 unspecified atom stereocenters. The Kier molecular flexibility index (Phi) is 4.81. The van der Waals surface area contributed by atoms with Gasteiger partial charge in [-0.25, -0.2) is 14.3 Å². The summed E-state index contributed by atoms with van der Waals surface area (Å²) in [6.45, 7) is 7.31. The lowest BCUT2D eigenvalue weighted by Crippen LogP contribution is -2.18. The summed E-state index contributed by atoms with van der Waals surface area (Å²) in [6.07, 6.45) is 1.34. The number of carboxylic acids is 1. The number of hydrogen-bond donors (Lipinski definition) is 2. The summed E-state index contributed by atoms with van der Waals surface area (Å²) in [7, 11) is 0. The fourth-order valence-electron chi connectivity index (χ4n) is 2.69. The number of anilines is 1. The van der Waals surface area contributed by atoms with E-state index in [4.69, 9.17) is 4.74 Å². The van der Waals surface area contributed by atoms with Crippen LogP contribution in [-0.2, 0) is 0 Å². The van der Waals surface area contributed by atoms with E-state index in [1.165, 1.54) is 24.4 Å². The van der Waals surface area contributed by atoms with Crippen molar-refractivity contribution in [3.8, 4) is 5.75 Å². The molecular formula is C19H20N4O4. The molecule has 3 rings (SSSR count). The fraction of sp³-hybridized carbons (Fsp3) is 0.263. The summed E-state index contributed by atoms with van der Waals surface area (Å²) in [4.78, 5) is 28.3. The zero-order valence-corrected chi connectivity index (χ0v) is 15.5. The highest BCUT2D eigenvalue weighted by atomic mass is 16.5. The van der Waals surface area contributed by atoms with E-state index in [2.05, 4.69) is 15.4 Å². The Balaban J connectivity index is 1.98. The minimum Gasteiger partial charge on any atom is -0.489 e. The number of nitrogens with zero attached hydrogens (tertiary/aromatic N) is 3. The summed E-state index contributed by atoms with van der Waals surface area (Å²) in [6, 6.07) is 6.15. The number of carbonyl (C=O) groups excluding carboxylic acids is 1. The number of hydrogen-bond acceptors (Lipinski definition) is 5. The van der Waals surface area contributed by atoms with Gasteiger partial charge in [-0.15, -0.1) is 0 Å². The number of fused-ring (bicyclic) bond motifs is 1. The third-order valence-electron chi connectivity index (χ3n) is 3.93. The van der Waals surface area contributed by atoms with Crippen molar-refractivity contribution < 1.29 is 19.4 Å². The van der Waals surface area contributed by atoms with Crippen LogP contribution < -0.4 is 10.1 Å². The van der Waals surface area contributed by atoms with Crippen molar-refractivity contribution >= 4 is 23.2 Å². The Labute approximate surface area is 155 Å². The summed E-state index contributed by atoms with van der Waals surface area (Å²) in [5.74, 6) is -1.12. The van der Waals surface area contributed by atoms with Crippen molar-refractivity contribution in [3.63, 3.8) is 0 Å². The van der Waals surface area contributed by atoms with Gasteiger partial charge in [-0.05, 0) is 45.9 Å². The summed E-state index contributed by atoms with van der Waals surface area (Å²) < 4.78 is 7.28. The Hall–Kier alpha value is -3.42. The van der Waals surface area contributed by atoms with Crippen molar-refractivity contribution in [3.05, 3.63) is 53.0 Å². The number of aryl methyl sites for hydroxylation is 2. The first-order chi connectivity index (χ1) is 12.8. The molecule has 2 N–H and O–H groups in total. The van der Waals surface area contributed by atoms with Crippen molar-refractivity contribution in [2.75, 3.05) is 5.32 Å². The second kappa shape index (κ2) is 7.06. The zero-order chi connectivity index (χ0) is 19.7. The standard InChI is InChI=1S/C19H20N4O4/c1-10(2)27-16-6-5-13(19(25)26)8-15(16)21-18(24)14-9-20-17-7-11(3)22-23(17)12(14)4/h5-10H,1-4H3,(H,21,24)(H,25,26). The van der Waals surface area contributed by atoms with E-state index in [1.54, 1.807) is 11.4 Å². The molecule has 0 radical (unpaired) electrons. The number of amides is 1. The van der Waals surface area contributed by atoms with Gasteiger partial charge >= 0.3 is 5.97 Å². The van der Waals surface area contributed by atoms with Gasteiger partial charge in [-0.2, -0.15) is 5.10 Å². The number of aromatic nitrogens is 3. The van der Waals surface area contributed by atoms with Gasteiger partial charge in [0, 0.05) is 12.3 Å². The quantitative estimate of drug-likeness (QED) is 0.717. The Morgan fingerprint density at radius 3 is 2.63 bits per heavy atom. The number of carboxylic acid groups (broad SMARTS) is 1. The molecule has 1 aromatic carbocycles. The summed E-state index contributed by atoms with van der Waals surface area (Å²) in [5, 5.41) is 16.3. The Bertz CT molecular complexity index is 1040. The molecule has 0 aliphatic heterocycles. The SMILES string of the molecule is Cc1cc2ncc(C(=O)Nc3cc(C(=O)O)ccc3OC(C)C)c(C)n2n1. The first-order valence-electron chi connectivity index (χ1n) is 8.43. The molecule has 140 valence electrons. The molecule has 2 aromatic heterocycles. The predicted octanol–water partition coefficient (Wildman–Crippen LogP) is 3.08. The van der Waals surface area contributed by atoms with Gasteiger partial charge in [0.1, 0.15) is 5.75 Å². The van der Waals surface area contributed by atoms with Crippen LogP contribution in [0.4, 0.5) is 5.69 Å². The topological polar surface area (TPSA) is 106 Å². The molecule has 0 bridgehead atoms. The van der Waals surface area contributed by atoms with Crippen molar-refractivity contribution in [1.82, 2.24) is 14.6 Å². The van der Waals surface area contributed by atoms with E-state index < -0.39 is 11.9 Å². The molecule has 0 aliphatic rings. The number of carbonyl (C=O) groups is 2. The maximum atomic E-state index is 12.8. The highest BCUT2D eigenvalue weighted by Crippen LogP contribution is 2.28. The lowest BCUT2D eigenvalue weighted by atomic mass is 10.1. The highest BCUT2D eigenvalue weighted by Gasteiger charge is 2.18. The molecule has 0 spiro atoms. The summed E-state index contributed by atoms with van der Waals surface area (Å²) in [5.41, 5.74) is 2.75. The minimum absolute atomic E-state index is 0.0504. The maximum absolute atomic E-state index is 12.8. The molecule has 0 saturated carbocycles. The Morgan fingerprint density at radius 2 is 1.96 bits per heavy atom. The van der Waals surface area contributed by atoms with Crippen LogP contribution in [0.5, 0.6) is 5.75 Å². The van der Waals surface area contributed by atoms with Gasteiger partial charge in [0.05, 0.1) is 34.3 Å². The first-order valence-corrected chi connectivity index (χ1v) is 8.43. The zero-order valence-electron chi connectivity index (χ0n) is 15.5. The van der Waals surface area contributed by atoms with Crippen LogP contribution in [0.3, 0.4) is 0 Å². The second-order valence-electron chi connectivity index (χ2n) is 6.45. The first kappa shape index (κ1) is 18.4. The third-order valence-corrected chi connectivity index (χ3v) is 3.93. The van der Waals surface area contributed by atoms with Crippen LogP contribution in [0, 0.1) is 13.8 Å². The number of ether oxygens (including phenoxy) is 1. The van der Waals surface area contributed by atoms with Gasteiger partial charge in [-0.3, -0.25) is 4.79 Å². The van der Waals surface area contributed by atoms with E-state index >= 15 is 0 Å². The number of benzene rings is 1. The summed E-state index contributed by atoms with van der Waals surface area (Å²) >= 11 is 0. The minimum atomic E-state index is -1.09. The molecule has 0 fully saturated rings. The molecule has 0 aliphatic carbocycles. The van der Waals surface area contributed by atoms with E-state index in [9.17, 15) is 14.7 Å². The molecule has 3 aromatic rings. The largest absolute Gasteiger partial charge is 0.489 e. The van der Waals surface area contributed by atoms with Crippen LogP contribution in [0.1, 0.15) is 46.0 Å². The van der Waals surface area contributed by atoms with Gasteiger partial charge in [-0.1, -0.05) is 0 Å². The van der Waals surface area contributed by atoms with Gasteiger partial charge in [0.25, 0.3) is 5.91 Å². The lowest BCUT2D eigenvalue weighted by Gasteiger charge is -2.16. The number of aromatic carboxylic acids is 1. The van der Waals surface area contributed by atoms with Crippen LogP contribution in [0.2, 0.25) is 0 Å². The van der Waals surface area contributed by atoms with Crippen molar-refractivity contribution in [2.45, 2.75) is 33.8 Å². The highest BCUT2D eigenvalue weighted by molar-refractivity contribution is 6.06. The normalized spacial score (nSPS) is 11.0. The lowest BCUT2D eigenvalue weighted by molar-refractivity contribution is 0.0696. The van der Waals surface area contributed by atoms with E-state index in [0.717, 1.165) is 5.69 Å². The molecule has 27 heavy (non-hydrogen) atoms. The fourth-order valence-corrected chi connectivity index (χ4v) is 2.69. The maximum Gasteiger partial charge on any atom is 0.335 e. The molecule has 0 atom stereocenters. The number of nitrogens with one attached hydrogen (secondary N) is 1. The molecule has 1 amide bonds. The smallest absolute Gasteiger partial charge is 0.335 e. The molecule has 8 nitrogen and oxygen atoms in total. The van der Waals surface area contributed by atoms with Gasteiger partial charge < -0.3 is 15.2 Å². The second-order valence-corrected chi connectivity index (χ2v) is 6.45. The van der Waals surface area contributed by atoms with Crippen LogP contribution in [-0.4, -0.2) is 37.7 Å². The average molecular weight is 368 g/mol. The van der Waals surface area contributed by atoms with Crippen LogP contribution >= 0.6 is 0 Å². The molecule has 8 heteroatoms. The Morgan fingerprint density at radius 1 is 1.22 bits per heavy atom. The van der Waals surface area contributed by atoms with Crippen molar-refractivity contribution in [2.24, 2.45) is 0 Å². The van der Waals surface area contributed by atoms with Gasteiger partial charge in [0.2, 0.25) is 0 Å². The molecular weight excluding hydrogens is 348 g/mol. The molecule has 0 saturated heterocycles.